The molecule has 0 saturated carbocycles. The molecule has 0 aromatic heterocycles. The molecule has 0 spiro atoms. The van der Waals surface area contributed by atoms with E-state index in [4.69, 9.17) is 11.6 Å². The minimum absolute atomic E-state index is 0.108. The number of rotatable bonds is 7. The highest BCUT2D eigenvalue weighted by Crippen LogP contribution is 2.24. The Morgan fingerprint density at radius 1 is 1.11 bits per heavy atom. The molecule has 0 fully saturated rings. The molecule has 2 N–H and O–H groups in total. The molecular formula is C20H23ClN2O3S. The summed E-state index contributed by atoms with van der Waals surface area (Å²) in [5.41, 5.74) is 0.763. The van der Waals surface area contributed by atoms with E-state index in [1.54, 1.807) is 42.5 Å². The minimum Gasteiger partial charge on any atom is -0.348 e. The maximum absolute atomic E-state index is 12.5. The van der Waals surface area contributed by atoms with Crippen molar-refractivity contribution >= 4 is 39.3 Å². The van der Waals surface area contributed by atoms with Crippen molar-refractivity contribution in [3.63, 3.8) is 0 Å². The number of benzene rings is 2. The lowest BCUT2D eigenvalue weighted by molar-refractivity contribution is -0.118. The molecule has 144 valence electrons. The van der Waals surface area contributed by atoms with Crippen molar-refractivity contribution in [1.82, 2.24) is 5.32 Å². The Morgan fingerprint density at radius 2 is 1.74 bits per heavy atom. The molecule has 2 aromatic rings. The number of para-hydroxylation sites is 1. The summed E-state index contributed by atoms with van der Waals surface area (Å²) in [5.74, 6) is -0.195. The zero-order valence-corrected chi connectivity index (χ0v) is 17.1. The fraction of sp³-hybridized carbons (Fsp3) is 0.250. The highest BCUT2D eigenvalue weighted by atomic mass is 35.5. The first-order valence-electron chi connectivity index (χ1n) is 8.50. The number of sulfonamides is 1. The van der Waals surface area contributed by atoms with Crippen molar-refractivity contribution in [2.45, 2.75) is 37.6 Å². The predicted molar refractivity (Wildman–Crippen MR) is 110 cm³/mol. The van der Waals surface area contributed by atoms with Gasteiger partial charge in [0, 0.05) is 11.6 Å². The quantitative estimate of drug-likeness (QED) is 0.666. The van der Waals surface area contributed by atoms with Crippen LogP contribution >= 0.6 is 11.6 Å². The van der Waals surface area contributed by atoms with Crippen molar-refractivity contribution in [3.8, 4) is 0 Å². The van der Waals surface area contributed by atoms with Crippen LogP contribution in [0.3, 0.4) is 0 Å². The van der Waals surface area contributed by atoms with Gasteiger partial charge in [-0.15, -0.1) is 0 Å². The second kappa shape index (κ2) is 8.59. The molecule has 7 heteroatoms. The Bertz CT molecular complexity index is 936. The maximum atomic E-state index is 12.5. The zero-order chi connectivity index (χ0) is 20.1. The van der Waals surface area contributed by atoms with Crippen LogP contribution in [0.1, 0.15) is 32.8 Å². The Hall–Kier alpha value is -2.31. The van der Waals surface area contributed by atoms with Crippen LogP contribution in [0.5, 0.6) is 0 Å². The van der Waals surface area contributed by atoms with Gasteiger partial charge < -0.3 is 5.32 Å². The van der Waals surface area contributed by atoms with Crippen molar-refractivity contribution in [1.29, 1.82) is 0 Å². The monoisotopic (exact) mass is 406 g/mol. The van der Waals surface area contributed by atoms with Crippen molar-refractivity contribution < 1.29 is 13.2 Å². The molecule has 0 aliphatic heterocycles. The Morgan fingerprint density at radius 3 is 2.33 bits per heavy atom. The van der Waals surface area contributed by atoms with Crippen LogP contribution in [0.25, 0.3) is 6.08 Å². The molecule has 0 aliphatic carbocycles. The van der Waals surface area contributed by atoms with Gasteiger partial charge in [-0.1, -0.05) is 42.8 Å². The Labute approximate surface area is 165 Å². The molecule has 5 nitrogen and oxygen atoms in total. The van der Waals surface area contributed by atoms with Crippen LogP contribution < -0.4 is 10.0 Å². The zero-order valence-electron chi connectivity index (χ0n) is 15.5. The summed E-state index contributed by atoms with van der Waals surface area (Å²) in [7, 11) is -3.75. The third-order valence-electron chi connectivity index (χ3n) is 4.08. The summed E-state index contributed by atoms with van der Waals surface area (Å²) in [5, 5.41) is 3.22. The first-order valence-corrected chi connectivity index (χ1v) is 10.4. The molecule has 27 heavy (non-hydrogen) atoms. The van der Waals surface area contributed by atoms with Crippen LogP contribution in [0.4, 0.5) is 5.69 Å². The number of hydrogen-bond acceptors (Lipinski definition) is 3. The summed E-state index contributed by atoms with van der Waals surface area (Å²) in [6.45, 7) is 5.90. The molecule has 0 atom stereocenters. The number of halogens is 1. The van der Waals surface area contributed by atoms with Gasteiger partial charge in [0.1, 0.15) is 0 Å². The van der Waals surface area contributed by atoms with Gasteiger partial charge in [0.15, 0.2) is 0 Å². The van der Waals surface area contributed by atoms with Gasteiger partial charge in [-0.3, -0.25) is 9.52 Å². The summed E-state index contributed by atoms with van der Waals surface area (Å²) >= 11 is 6.00. The average Bonchev–Trinajstić information content (AvgIpc) is 2.62. The number of anilines is 1. The molecule has 0 unspecified atom stereocenters. The summed E-state index contributed by atoms with van der Waals surface area (Å²) < 4.78 is 27.4. The van der Waals surface area contributed by atoms with E-state index < -0.39 is 10.0 Å². The minimum atomic E-state index is -3.75. The third kappa shape index (κ3) is 6.12. The fourth-order valence-corrected chi connectivity index (χ4v) is 3.46. The maximum Gasteiger partial charge on any atom is 0.261 e. The van der Waals surface area contributed by atoms with Gasteiger partial charge in [0.2, 0.25) is 5.91 Å². The molecule has 2 rings (SSSR count). The molecular weight excluding hydrogens is 384 g/mol. The third-order valence-corrected chi connectivity index (χ3v) is 5.79. The van der Waals surface area contributed by atoms with E-state index in [0.29, 0.717) is 10.7 Å². The molecule has 0 aliphatic rings. The first kappa shape index (κ1) is 21.0. The van der Waals surface area contributed by atoms with E-state index in [1.165, 1.54) is 18.2 Å². The van der Waals surface area contributed by atoms with E-state index >= 15 is 0 Å². The van der Waals surface area contributed by atoms with Gasteiger partial charge in [-0.05, 0) is 56.2 Å². The van der Waals surface area contributed by atoms with Crippen LogP contribution in [0.2, 0.25) is 5.02 Å². The van der Waals surface area contributed by atoms with Crippen molar-refractivity contribution in [2.24, 2.45) is 0 Å². The summed E-state index contributed by atoms with van der Waals surface area (Å²) in [4.78, 5) is 12.0. The first-order chi connectivity index (χ1) is 12.6. The second-order valence-electron chi connectivity index (χ2n) is 6.71. The Kier molecular flexibility index (Phi) is 6.68. The smallest absolute Gasteiger partial charge is 0.261 e. The standard InChI is InChI=1S/C20H23ClN2O3S/c1-4-20(2,3)22-19(24)14-11-15-9-12-16(13-10-15)27(25,26)23-18-8-6-5-7-17(18)21/h5-14,23H,4H2,1-3H3,(H,22,24)/b14-11+. The van der Waals surface area contributed by atoms with Crippen LogP contribution in [-0.4, -0.2) is 19.9 Å². The van der Waals surface area contributed by atoms with E-state index in [2.05, 4.69) is 10.0 Å². The van der Waals surface area contributed by atoms with Crippen LogP contribution in [0, 0.1) is 0 Å². The molecule has 0 saturated heterocycles. The number of carbonyl (C=O) groups is 1. The van der Waals surface area contributed by atoms with Gasteiger partial charge in [0.05, 0.1) is 15.6 Å². The van der Waals surface area contributed by atoms with E-state index in [-0.39, 0.29) is 16.3 Å². The predicted octanol–water partition coefficient (Wildman–Crippen LogP) is 4.46. The summed E-state index contributed by atoms with van der Waals surface area (Å²) in [6, 6.07) is 12.8. The summed E-state index contributed by atoms with van der Waals surface area (Å²) in [6.07, 6.45) is 3.89. The highest BCUT2D eigenvalue weighted by Gasteiger charge is 2.16. The molecule has 0 heterocycles. The second-order valence-corrected chi connectivity index (χ2v) is 8.80. The molecule has 2 aromatic carbocycles. The topological polar surface area (TPSA) is 75.3 Å². The van der Waals surface area contributed by atoms with E-state index in [0.717, 1.165) is 12.0 Å². The molecule has 0 bridgehead atoms. The normalized spacial score (nSPS) is 12.1. The van der Waals surface area contributed by atoms with Gasteiger partial charge >= 0.3 is 0 Å². The van der Waals surface area contributed by atoms with Gasteiger partial charge in [0.25, 0.3) is 10.0 Å². The highest BCUT2D eigenvalue weighted by molar-refractivity contribution is 7.92. The van der Waals surface area contributed by atoms with Gasteiger partial charge in [-0.2, -0.15) is 0 Å². The van der Waals surface area contributed by atoms with E-state index in [9.17, 15) is 13.2 Å². The van der Waals surface area contributed by atoms with Gasteiger partial charge in [-0.25, -0.2) is 8.42 Å². The fourth-order valence-electron chi connectivity index (χ4n) is 2.14. The van der Waals surface area contributed by atoms with Crippen molar-refractivity contribution in [3.05, 3.63) is 65.2 Å². The van der Waals surface area contributed by atoms with E-state index in [1.807, 2.05) is 20.8 Å². The Balaban J connectivity index is 2.09. The lowest BCUT2D eigenvalue weighted by atomic mass is 10.0. The average molecular weight is 407 g/mol. The largest absolute Gasteiger partial charge is 0.348 e. The SMILES string of the molecule is CCC(C)(C)NC(=O)/C=C/c1ccc(S(=O)(=O)Nc2ccccc2Cl)cc1. The molecule has 1 amide bonds. The lowest BCUT2D eigenvalue weighted by Crippen LogP contribution is -2.41. The number of carbonyl (C=O) groups excluding carboxylic acids is 1. The van der Waals surface area contributed by atoms with Crippen molar-refractivity contribution in [2.75, 3.05) is 4.72 Å². The van der Waals surface area contributed by atoms with Crippen LogP contribution in [0.15, 0.2) is 59.5 Å². The number of hydrogen-bond donors (Lipinski definition) is 2. The number of amides is 1. The number of nitrogens with one attached hydrogen (secondary N) is 2. The van der Waals surface area contributed by atoms with Crippen LogP contribution in [-0.2, 0) is 14.8 Å². The lowest BCUT2D eigenvalue weighted by Gasteiger charge is -2.23. The molecule has 0 radical (unpaired) electrons.